The Balaban J connectivity index is 1.85. The van der Waals surface area contributed by atoms with Gasteiger partial charge in [0.05, 0.1) is 15.9 Å². The van der Waals surface area contributed by atoms with Gasteiger partial charge in [0, 0.05) is 29.8 Å². The van der Waals surface area contributed by atoms with E-state index in [0.717, 1.165) is 11.3 Å². The Morgan fingerprint density at radius 2 is 1.97 bits per heavy atom. The first-order valence-corrected chi connectivity index (χ1v) is 10.4. The Hall–Kier alpha value is -2.78. The molecule has 1 aromatic heterocycles. The molecule has 2 aromatic carbocycles. The Morgan fingerprint density at radius 1 is 1.28 bits per heavy atom. The Labute approximate surface area is 175 Å². The van der Waals surface area contributed by atoms with Gasteiger partial charge in [-0.3, -0.25) is 14.9 Å². The molecule has 0 aliphatic rings. The number of nitro groups is 1. The van der Waals surface area contributed by atoms with E-state index in [2.05, 4.69) is 4.98 Å². The zero-order chi connectivity index (χ0) is 21.1. The van der Waals surface area contributed by atoms with Crippen LogP contribution >= 0.6 is 23.1 Å². The summed E-state index contributed by atoms with van der Waals surface area (Å²) in [6, 6.07) is 10.0. The average Bonchev–Trinajstić information content (AvgIpc) is 3.11. The fourth-order valence-corrected chi connectivity index (χ4v) is 4.58. The highest BCUT2D eigenvalue weighted by atomic mass is 32.2. The molecular weight excluding hydrogens is 413 g/mol. The predicted molar refractivity (Wildman–Crippen MR) is 111 cm³/mol. The molecule has 0 saturated carbocycles. The van der Waals surface area contributed by atoms with Gasteiger partial charge in [-0.05, 0) is 43.7 Å². The fourth-order valence-electron chi connectivity index (χ4n) is 2.70. The molecule has 0 aliphatic heterocycles. The molecule has 0 N–H and O–H groups in total. The number of rotatable bonds is 6. The van der Waals surface area contributed by atoms with E-state index in [4.69, 9.17) is 0 Å². The molecule has 1 amide bonds. The number of nitro benzene ring substituents is 1. The molecule has 150 valence electrons. The lowest BCUT2D eigenvalue weighted by atomic mass is 10.1. The number of benzene rings is 2. The smallest absolute Gasteiger partial charge is 0.284 e. The van der Waals surface area contributed by atoms with Gasteiger partial charge < -0.3 is 4.90 Å². The molecule has 0 fully saturated rings. The van der Waals surface area contributed by atoms with Crippen molar-refractivity contribution >= 4 is 34.7 Å². The molecule has 3 aromatic rings. The number of hydrogen-bond acceptors (Lipinski definition) is 6. The van der Waals surface area contributed by atoms with Crippen molar-refractivity contribution in [1.82, 2.24) is 9.88 Å². The van der Waals surface area contributed by atoms with Crippen molar-refractivity contribution in [2.24, 2.45) is 0 Å². The van der Waals surface area contributed by atoms with Crippen molar-refractivity contribution in [1.29, 1.82) is 0 Å². The second kappa shape index (κ2) is 8.71. The zero-order valence-electron chi connectivity index (χ0n) is 16.0. The van der Waals surface area contributed by atoms with E-state index < -0.39 is 4.92 Å². The maximum atomic E-state index is 13.1. The predicted octanol–water partition coefficient (Wildman–Crippen LogP) is 5.48. The lowest BCUT2D eigenvalue weighted by Crippen LogP contribution is -2.29. The van der Waals surface area contributed by atoms with Crippen LogP contribution < -0.4 is 0 Å². The minimum atomic E-state index is -0.497. The fraction of sp³-hybridized carbons (Fsp3) is 0.200. The van der Waals surface area contributed by atoms with E-state index in [1.54, 1.807) is 31.3 Å². The molecular formula is C20H18FN3O3S2. The summed E-state index contributed by atoms with van der Waals surface area (Å²) in [4.78, 5) is 30.2. The number of carbonyl (C=O) groups excluding carboxylic acids is 1. The van der Waals surface area contributed by atoms with Gasteiger partial charge in [-0.25, -0.2) is 9.37 Å². The van der Waals surface area contributed by atoms with Crippen LogP contribution in [0.4, 0.5) is 10.1 Å². The second-order valence-electron chi connectivity index (χ2n) is 6.44. The van der Waals surface area contributed by atoms with Gasteiger partial charge in [0.1, 0.15) is 5.82 Å². The molecule has 0 aliphatic carbocycles. The first kappa shape index (κ1) is 20.9. The van der Waals surface area contributed by atoms with E-state index in [9.17, 15) is 19.3 Å². The van der Waals surface area contributed by atoms with E-state index in [1.165, 1.54) is 46.2 Å². The van der Waals surface area contributed by atoms with Gasteiger partial charge in [-0.1, -0.05) is 23.9 Å². The number of hydrogen-bond donors (Lipinski definition) is 0. The van der Waals surface area contributed by atoms with Gasteiger partial charge >= 0.3 is 0 Å². The normalized spacial score (nSPS) is 11.9. The lowest BCUT2D eigenvalue weighted by Gasteiger charge is -2.25. The lowest BCUT2D eigenvalue weighted by molar-refractivity contribution is -0.387. The first-order chi connectivity index (χ1) is 13.8. The maximum absolute atomic E-state index is 13.1. The quantitative estimate of drug-likeness (QED) is 0.381. The molecule has 0 bridgehead atoms. The van der Waals surface area contributed by atoms with Crippen molar-refractivity contribution in [3.63, 3.8) is 0 Å². The van der Waals surface area contributed by atoms with Crippen LogP contribution in [-0.2, 0) is 0 Å². The molecule has 0 saturated heterocycles. The number of nitrogens with zero attached hydrogens (tertiary/aromatic N) is 3. The number of thiazole rings is 1. The number of halogens is 1. The SMILES string of the molecule is Cc1csc(Sc2ccc(C(=O)N(C)C(C)c3ccc(F)cc3)cc2[N+](=O)[O-])n1. The van der Waals surface area contributed by atoms with Crippen molar-refractivity contribution in [2.45, 2.75) is 29.1 Å². The van der Waals surface area contributed by atoms with Crippen LogP contribution in [0.2, 0.25) is 0 Å². The number of aryl methyl sites for hydroxylation is 1. The van der Waals surface area contributed by atoms with E-state index in [1.807, 2.05) is 19.2 Å². The minimum Gasteiger partial charge on any atom is -0.335 e. The molecule has 1 heterocycles. The van der Waals surface area contributed by atoms with E-state index >= 15 is 0 Å². The van der Waals surface area contributed by atoms with Crippen LogP contribution in [0.15, 0.2) is 57.1 Å². The van der Waals surface area contributed by atoms with Crippen LogP contribution in [0.1, 0.15) is 34.6 Å². The number of amides is 1. The summed E-state index contributed by atoms with van der Waals surface area (Å²) in [6.45, 7) is 3.67. The molecule has 0 radical (unpaired) electrons. The highest BCUT2D eigenvalue weighted by molar-refractivity contribution is 8.01. The van der Waals surface area contributed by atoms with Crippen molar-refractivity contribution in [2.75, 3.05) is 7.05 Å². The Bertz CT molecular complexity index is 1050. The van der Waals surface area contributed by atoms with E-state index in [-0.39, 0.29) is 29.0 Å². The van der Waals surface area contributed by atoms with Crippen LogP contribution in [0, 0.1) is 22.9 Å². The molecule has 29 heavy (non-hydrogen) atoms. The third kappa shape index (κ3) is 4.80. The molecule has 1 atom stereocenters. The summed E-state index contributed by atoms with van der Waals surface area (Å²) in [7, 11) is 1.61. The summed E-state index contributed by atoms with van der Waals surface area (Å²) < 4.78 is 13.8. The standard InChI is InChI=1S/C20H18FN3O3S2/c1-12-11-28-20(22-12)29-18-9-6-15(10-17(18)24(26)27)19(25)23(3)13(2)14-4-7-16(21)8-5-14/h4-11,13H,1-3H3. The minimum absolute atomic E-state index is 0.142. The molecule has 1 unspecified atom stereocenters. The van der Waals surface area contributed by atoms with Gasteiger partial charge in [0.15, 0.2) is 4.34 Å². The topological polar surface area (TPSA) is 76.3 Å². The van der Waals surface area contributed by atoms with Crippen molar-refractivity contribution < 1.29 is 14.1 Å². The van der Waals surface area contributed by atoms with Gasteiger partial charge in [0.2, 0.25) is 0 Å². The summed E-state index contributed by atoms with van der Waals surface area (Å²) in [5.41, 5.74) is 1.69. The Kier molecular flexibility index (Phi) is 6.29. The Morgan fingerprint density at radius 3 is 2.55 bits per heavy atom. The molecule has 6 nitrogen and oxygen atoms in total. The van der Waals surface area contributed by atoms with Gasteiger partial charge in [0.25, 0.3) is 11.6 Å². The third-order valence-corrected chi connectivity index (χ3v) is 6.57. The first-order valence-electron chi connectivity index (χ1n) is 8.67. The highest BCUT2D eigenvalue weighted by Crippen LogP contribution is 2.37. The van der Waals surface area contributed by atoms with Crippen LogP contribution in [-0.4, -0.2) is 27.8 Å². The van der Waals surface area contributed by atoms with Crippen LogP contribution in [0.25, 0.3) is 0 Å². The summed E-state index contributed by atoms with van der Waals surface area (Å²) in [5.74, 6) is -0.708. The number of carbonyl (C=O) groups is 1. The summed E-state index contributed by atoms with van der Waals surface area (Å²) in [5, 5.41) is 13.4. The summed E-state index contributed by atoms with van der Waals surface area (Å²) in [6.07, 6.45) is 0. The van der Waals surface area contributed by atoms with Gasteiger partial charge in [-0.15, -0.1) is 11.3 Å². The average molecular weight is 432 g/mol. The molecule has 0 spiro atoms. The zero-order valence-corrected chi connectivity index (χ0v) is 17.6. The van der Waals surface area contributed by atoms with E-state index in [0.29, 0.717) is 9.24 Å². The van der Waals surface area contributed by atoms with Crippen LogP contribution in [0.3, 0.4) is 0 Å². The largest absolute Gasteiger partial charge is 0.335 e. The monoisotopic (exact) mass is 431 g/mol. The summed E-state index contributed by atoms with van der Waals surface area (Å²) >= 11 is 2.61. The van der Waals surface area contributed by atoms with Gasteiger partial charge in [-0.2, -0.15) is 0 Å². The second-order valence-corrected chi connectivity index (χ2v) is 8.59. The maximum Gasteiger partial charge on any atom is 0.284 e. The van der Waals surface area contributed by atoms with Crippen molar-refractivity contribution in [3.8, 4) is 0 Å². The molecule has 3 rings (SSSR count). The van der Waals surface area contributed by atoms with Crippen LogP contribution in [0.5, 0.6) is 0 Å². The third-order valence-electron chi connectivity index (χ3n) is 4.45. The highest BCUT2D eigenvalue weighted by Gasteiger charge is 2.23. The number of aromatic nitrogens is 1. The van der Waals surface area contributed by atoms with Crippen molar-refractivity contribution in [3.05, 3.63) is 80.6 Å². The molecule has 9 heteroatoms.